The summed E-state index contributed by atoms with van der Waals surface area (Å²) in [5.41, 5.74) is 0.517. The molecule has 0 N–H and O–H groups in total. The third-order valence-corrected chi connectivity index (χ3v) is 2.18. The summed E-state index contributed by atoms with van der Waals surface area (Å²) in [6, 6.07) is 1.66. The summed E-state index contributed by atoms with van der Waals surface area (Å²) >= 11 is 0. The Balaban J connectivity index is 2.90. The highest BCUT2D eigenvalue weighted by molar-refractivity contribution is 5.99. The summed E-state index contributed by atoms with van der Waals surface area (Å²) in [5.74, 6) is 0.512. The maximum atomic E-state index is 11.9. The zero-order valence-corrected chi connectivity index (χ0v) is 9.19. The van der Waals surface area contributed by atoms with E-state index in [4.69, 9.17) is 9.47 Å². The highest BCUT2D eigenvalue weighted by Crippen LogP contribution is 2.14. The lowest BCUT2D eigenvalue weighted by atomic mass is 10.1. The van der Waals surface area contributed by atoms with Crippen molar-refractivity contribution < 1.29 is 14.3 Å². The quantitative estimate of drug-likeness (QED) is 0.692. The average molecular weight is 209 g/mol. The van der Waals surface area contributed by atoms with Crippen LogP contribution in [0.2, 0.25) is 0 Å². The van der Waals surface area contributed by atoms with E-state index in [2.05, 4.69) is 4.98 Å². The first-order chi connectivity index (χ1) is 7.22. The second-order valence-corrected chi connectivity index (χ2v) is 3.11. The number of carbonyl (C=O) groups excluding carboxylic acids is 1. The Morgan fingerprint density at radius 1 is 1.47 bits per heavy atom. The SMILES string of the molecule is CCC(OC)C(=O)c1cncc(OC)c1. The first kappa shape index (κ1) is 11.7. The number of ether oxygens (including phenoxy) is 2. The number of pyridine rings is 1. The number of hydrogen-bond acceptors (Lipinski definition) is 4. The molecule has 1 atom stereocenters. The number of Topliss-reactive ketones (excluding diaryl/α,β-unsaturated/α-hetero) is 1. The summed E-state index contributed by atoms with van der Waals surface area (Å²) in [7, 11) is 3.07. The topological polar surface area (TPSA) is 48.4 Å². The van der Waals surface area contributed by atoms with E-state index in [1.165, 1.54) is 13.3 Å². The van der Waals surface area contributed by atoms with Gasteiger partial charge in [0.2, 0.25) is 0 Å². The molecule has 0 amide bonds. The Morgan fingerprint density at radius 2 is 2.20 bits per heavy atom. The van der Waals surface area contributed by atoms with Gasteiger partial charge in [0.15, 0.2) is 5.78 Å². The van der Waals surface area contributed by atoms with E-state index in [-0.39, 0.29) is 5.78 Å². The van der Waals surface area contributed by atoms with Crippen LogP contribution in [0, 0.1) is 0 Å². The number of methoxy groups -OCH3 is 2. The molecule has 4 heteroatoms. The number of hydrogen-bond donors (Lipinski definition) is 0. The Kier molecular flexibility index (Phi) is 4.24. The van der Waals surface area contributed by atoms with Crippen molar-refractivity contribution in [2.75, 3.05) is 14.2 Å². The van der Waals surface area contributed by atoms with Crippen molar-refractivity contribution in [2.24, 2.45) is 0 Å². The normalized spacial score (nSPS) is 12.2. The molecule has 0 aliphatic heterocycles. The molecule has 1 rings (SSSR count). The van der Waals surface area contributed by atoms with E-state index in [1.807, 2.05) is 6.92 Å². The summed E-state index contributed by atoms with van der Waals surface area (Å²) in [4.78, 5) is 15.8. The van der Waals surface area contributed by atoms with Crippen LogP contribution in [0.15, 0.2) is 18.5 Å². The molecule has 0 aliphatic carbocycles. The van der Waals surface area contributed by atoms with Crippen molar-refractivity contribution in [1.82, 2.24) is 4.98 Å². The predicted molar refractivity (Wildman–Crippen MR) is 56.2 cm³/mol. The molecule has 0 aliphatic rings. The molecule has 0 bridgehead atoms. The zero-order valence-electron chi connectivity index (χ0n) is 9.19. The van der Waals surface area contributed by atoms with Gasteiger partial charge in [-0.25, -0.2) is 0 Å². The van der Waals surface area contributed by atoms with Crippen LogP contribution in [0.1, 0.15) is 23.7 Å². The molecule has 15 heavy (non-hydrogen) atoms. The first-order valence-corrected chi connectivity index (χ1v) is 4.79. The van der Waals surface area contributed by atoms with E-state index in [1.54, 1.807) is 19.4 Å². The van der Waals surface area contributed by atoms with Gasteiger partial charge in [-0.2, -0.15) is 0 Å². The van der Waals surface area contributed by atoms with Crippen LogP contribution in [-0.2, 0) is 4.74 Å². The van der Waals surface area contributed by atoms with E-state index >= 15 is 0 Å². The smallest absolute Gasteiger partial charge is 0.193 e. The van der Waals surface area contributed by atoms with Gasteiger partial charge >= 0.3 is 0 Å². The lowest BCUT2D eigenvalue weighted by Crippen LogP contribution is -2.22. The lowest BCUT2D eigenvalue weighted by Gasteiger charge is -2.11. The van der Waals surface area contributed by atoms with E-state index in [0.29, 0.717) is 17.7 Å². The summed E-state index contributed by atoms with van der Waals surface area (Å²) in [5, 5.41) is 0. The van der Waals surface area contributed by atoms with Gasteiger partial charge in [0.1, 0.15) is 11.9 Å². The second-order valence-electron chi connectivity index (χ2n) is 3.11. The molecule has 0 spiro atoms. The molecule has 1 aromatic heterocycles. The molecule has 0 aromatic carbocycles. The Labute approximate surface area is 89.2 Å². The first-order valence-electron chi connectivity index (χ1n) is 4.79. The molecule has 82 valence electrons. The number of rotatable bonds is 5. The average Bonchev–Trinajstić information content (AvgIpc) is 2.30. The van der Waals surface area contributed by atoms with Crippen molar-refractivity contribution in [3.05, 3.63) is 24.0 Å². The molecule has 0 saturated heterocycles. The van der Waals surface area contributed by atoms with Crippen molar-refractivity contribution in [3.8, 4) is 5.75 Å². The predicted octanol–water partition coefficient (Wildman–Crippen LogP) is 1.70. The van der Waals surface area contributed by atoms with E-state index < -0.39 is 6.10 Å². The maximum absolute atomic E-state index is 11.9. The summed E-state index contributed by atoms with van der Waals surface area (Å²) in [6.07, 6.45) is 3.32. The number of carbonyl (C=O) groups is 1. The van der Waals surface area contributed by atoms with Crippen LogP contribution < -0.4 is 4.74 Å². The number of nitrogens with zero attached hydrogens (tertiary/aromatic N) is 1. The Bertz CT molecular complexity index is 334. The van der Waals surface area contributed by atoms with Crippen LogP contribution in [0.3, 0.4) is 0 Å². The lowest BCUT2D eigenvalue weighted by molar-refractivity contribution is 0.0595. The monoisotopic (exact) mass is 209 g/mol. The van der Waals surface area contributed by atoms with Gasteiger partial charge in [0, 0.05) is 18.9 Å². The fraction of sp³-hybridized carbons (Fsp3) is 0.455. The zero-order chi connectivity index (χ0) is 11.3. The van der Waals surface area contributed by atoms with Gasteiger partial charge in [-0.3, -0.25) is 9.78 Å². The van der Waals surface area contributed by atoms with E-state index in [0.717, 1.165) is 0 Å². The standard InChI is InChI=1S/C11H15NO3/c1-4-10(15-3)11(13)8-5-9(14-2)7-12-6-8/h5-7,10H,4H2,1-3H3. The van der Waals surface area contributed by atoms with Gasteiger partial charge in [0.05, 0.1) is 13.3 Å². The fourth-order valence-corrected chi connectivity index (χ4v) is 1.31. The molecule has 0 fully saturated rings. The Morgan fingerprint density at radius 3 is 2.73 bits per heavy atom. The highest BCUT2D eigenvalue weighted by atomic mass is 16.5. The van der Waals surface area contributed by atoms with Crippen LogP contribution in [-0.4, -0.2) is 31.1 Å². The Hall–Kier alpha value is -1.42. The largest absolute Gasteiger partial charge is 0.495 e. The van der Waals surface area contributed by atoms with Gasteiger partial charge in [-0.05, 0) is 12.5 Å². The molecular weight excluding hydrogens is 194 g/mol. The summed E-state index contributed by atoms with van der Waals surface area (Å²) < 4.78 is 10.1. The highest BCUT2D eigenvalue weighted by Gasteiger charge is 2.18. The molecule has 0 radical (unpaired) electrons. The van der Waals surface area contributed by atoms with Crippen molar-refractivity contribution >= 4 is 5.78 Å². The van der Waals surface area contributed by atoms with E-state index in [9.17, 15) is 4.79 Å². The van der Waals surface area contributed by atoms with Crippen molar-refractivity contribution in [2.45, 2.75) is 19.4 Å². The third-order valence-electron chi connectivity index (χ3n) is 2.18. The second kappa shape index (κ2) is 5.46. The molecule has 1 aromatic rings. The fourth-order valence-electron chi connectivity index (χ4n) is 1.31. The van der Waals surface area contributed by atoms with Crippen LogP contribution in [0.4, 0.5) is 0 Å². The number of ketones is 1. The molecular formula is C11H15NO3. The minimum atomic E-state index is -0.404. The van der Waals surface area contributed by atoms with Gasteiger partial charge in [-0.15, -0.1) is 0 Å². The molecule has 0 saturated carbocycles. The molecule has 4 nitrogen and oxygen atoms in total. The minimum Gasteiger partial charge on any atom is -0.495 e. The number of aromatic nitrogens is 1. The molecule has 1 unspecified atom stereocenters. The maximum Gasteiger partial charge on any atom is 0.193 e. The van der Waals surface area contributed by atoms with Crippen molar-refractivity contribution in [3.63, 3.8) is 0 Å². The van der Waals surface area contributed by atoms with Crippen LogP contribution in [0.5, 0.6) is 5.75 Å². The van der Waals surface area contributed by atoms with Crippen molar-refractivity contribution in [1.29, 1.82) is 0 Å². The summed E-state index contributed by atoms with van der Waals surface area (Å²) in [6.45, 7) is 1.90. The van der Waals surface area contributed by atoms with Crippen LogP contribution in [0.25, 0.3) is 0 Å². The van der Waals surface area contributed by atoms with Crippen LogP contribution >= 0.6 is 0 Å². The van der Waals surface area contributed by atoms with Gasteiger partial charge in [0.25, 0.3) is 0 Å². The van der Waals surface area contributed by atoms with Gasteiger partial charge in [-0.1, -0.05) is 6.92 Å². The minimum absolute atomic E-state index is 0.0635. The molecule has 1 heterocycles. The van der Waals surface area contributed by atoms with Gasteiger partial charge < -0.3 is 9.47 Å². The third kappa shape index (κ3) is 2.76.